The summed E-state index contributed by atoms with van der Waals surface area (Å²) in [6.07, 6.45) is 1.38. The molecule has 384 valence electrons. The third-order valence-corrected chi connectivity index (χ3v) is 9.17. The number of amides is 4. The van der Waals surface area contributed by atoms with Crippen LogP contribution in [0, 0.1) is 0 Å². The molecule has 0 saturated heterocycles. The first-order valence-electron chi connectivity index (χ1n) is 21.9. The summed E-state index contributed by atoms with van der Waals surface area (Å²) in [5, 5.41) is 64.8. The highest BCUT2D eigenvalue weighted by Crippen LogP contribution is 2.09. The van der Waals surface area contributed by atoms with E-state index in [0.29, 0.717) is 25.7 Å². The van der Waals surface area contributed by atoms with Crippen molar-refractivity contribution < 1.29 is 102 Å². The van der Waals surface area contributed by atoms with Crippen LogP contribution in [0.2, 0.25) is 0 Å². The molecule has 4 amide bonds. The van der Waals surface area contributed by atoms with Gasteiger partial charge in [0, 0.05) is 84.7 Å². The summed E-state index contributed by atoms with van der Waals surface area (Å²) in [4.78, 5) is 82.4. The number of rotatable bonds is 37. The zero-order valence-electron chi connectivity index (χ0n) is 38.9. The number of carboxylic acids is 2. The number of hydrogen-bond acceptors (Lipinski definition) is 19. The second-order valence-corrected chi connectivity index (χ2v) is 14.2. The molecule has 0 aromatic rings. The van der Waals surface area contributed by atoms with E-state index in [-0.39, 0.29) is 135 Å². The van der Waals surface area contributed by atoms with Gasteiger partial charge >= 0.3 is 17.9 Å². The number of carbonyl (C=O) groups excluding carboxylic acids is 5. The smallest absolute Gasteiger partial charge is 0.305 e. The van der Waals surface area contributed by atoms with Gasteiger partial charge in [-0.3, -0.25) is 38.5 Å². The largest absolute Gasteiger partial charge is 0.481 e. The van der Waals surface area contributed by atoms with Crippen LogP contribution in [0.3, 0.4) is 0 Å². The summed E-state index contributed by atoms with van der Waals surface area (Å²) in [6, 6.07) is 0. The number of carboxylic acid groups (broad SMARTS) is 2. The van der Waals surface area contributed by atoms with Crippen LogP contribution >= 0.6 is 0 Å². The fraction of sp³-hybridized carbons (Fsp3) is 0.786. The van der Waals surface area contributed by atoms with E-state index >= 15 is 0 Å². The Hall–Kier alpha value is -4.21. The minimum Gasteiger partial charge on any atom is -0.481 e. The lowest BCUT2D eigenvalue weighted by atomic mass is 10.2. The molecule has 1 heterocycles. The summed E-state index contributed by atoms with van der Waals surface area (Å²) in [5.41, 5.74) is 0. The second-order valence-electron chi connectivity index (χ2n) is 14.2. The van der Waals surface area contributed by atoms with E-state index in [1.807, 2.05) is 20.8 Å². The van der Waals surface area contributed by atoms with Gasteiger partial charge in [0.05, 0.1) is 58.0 Å². The summed E-state index contributed by atoms with van der Waals surface area (Å²) in [5.74, 6) is -3.96. The number of aliphatic carboxylic acids is 2. The van der Waals surface area contributed by atoms with E-state index in [9.17, 15) is 43.8 Å². The predicted octanol–water partition coefficient (Wildman–Crippen LogP) is -0.703. The Morgan fingerprint density at radius 1 is 0.636 bits per heavy atom. The van der Waals surface area contributed by atoms with Crippen LogP contribution in [-0.4, -0.2) is 211 Å². The number of carbonyl (C=O) groups is 7. The van der Waals surface area contributed by atoms with Crippen LogP contribution in [0.1, 0.15) is 91.4 Å². The fourth-order valence-electron chi connectivity index (χ4n) is 5.19. The number of nitrogens with zero attached hydrogens (tertiary/aromatic N) is 2. The van der Waals surface area contributed by atoms with Crippen LogP contribution in [0.15, 0.2) is 12.2 Å². The molecule has 0 fully saturated rings. The highest BCUT2D eigenvalue weighted by molar-refractivity contribution is 6.13. The predicted molar refractivity (Wildman–Crippen MR) is 231 cm³/mol. The van der Waals surface area contributed by atoms with Crippen molar-refractivity contribution in [2.24, 2.45) is 0 Å². The van der Waals surface area contributed by atoms with Gasteiger partial charge in [0.1, 0.15) is 6.61 Å². The Balaban J connectivity index is 0. The Bertz CT molecular complexity index is 1340. The standard InChI is InChI=1S/C23H37N3O10.C12H22O7.C7H16O4/c1-2-17(15-27)36-23(16-28)35-14-13-25(19(30)5-3-6-22(33)34)11-4-10-24-18(29)9-12-26-20(31)7-8-21(26)32;1-3-9(7-13)19-12(17-2)8-18-11(16)6-4-5-10(14)15;1-3-6(4-8)11-7(5-9)10-2/h7-8,17,23,27-28H,2-6,9-16H2,1H3,(H,24,29)(H,33,34);9,12-13H,3-8H2,1-2H3,(H,14,15);6-9H,3-5H2,1-2H3. The van der Waals surface area contributed by atoms with E-state index in [1.54, 1.807) is 0 Å². The molecule has 1 aliphatic heterocycles. The molecule has 6 atom stereocenters. The normalized spacial score (nSPS) is 14.7. The molecule has 6 unspecified atom stereocenters. The maximum atomic E-state index is 12.6. The average Bonchev–Trinajstić information content (AvgIpc) is 3.63. The summed E-state index contributed by atoms with van der Waals surface area (Å²) < 4.78 is 36.0. The quantitative estimate of drug-likeness (QED) is 0.0165. The molecule has 0 aromatic carbocycles. The number of nitrogens with one attached hydrogen (secondary N) is 1. The Kier molecular flexibility index (Phi) is 39.7. The lowest BCUT2D eigenvalue weighted by Crippen LogP contribution is -2.39. The van der Waals surface area contributed by atoms with Crippen LogP contribution < -0.4 is 5.32 Å². The van der Waals surface area contributed by atoms with Gasteiger partial charge in [-0.2, -0.15) is 0 Å². The number of methoxy groups -OCH3 is 2. The number of aliphatic hydroxyl groups is 5. The molecular formula is C42H75N3O21. The van der Waals surface area contributed by atoms with E-state index in [0.717, 1.165) is 17.1 Å². The summed E-state index contributed by atoms with van der Waals surface area (Å²) in [6.45, 7) is 5.13. The molecular weight excluding hydrogens is 882 g/mol. The van der Waals surface area contributed by atoms with Crippen LogP contribution in [0.5, 0.6) is 0 Å². The number of ether oxygens (including phenoxy) is 7. The van der Waals surface area contributed by atoms with E-state index < -0.39 is 61.3 Å². The molecule has 1 aliphatic rings. The van der Waals surface area contributed by atoms with Crippen molar-refractivity contribution in [3.63, 3.8) is 0 Å². The highest BCUT2D eigenvalue weighted by Gasteiger charge is 2.24. The molecule has 66 heavy (non-hydrogen) atoms. The lowest BCUT2D eigenvalue weighted by molar-refractivity contribution is -0.196. The Labute approximate surface area is 386 Å². The van der Waals surface area contributed by atoms with Crippen molar-refractivity contribution in [3.8, 4) is 0 Å². The number of imide groups is 1. The van der Waals surface area contributed by atoms with Crippen molar-refractivity contribution in [1.82, 2.24) is 15.1 Å². The van der Waals surface area contributed by atoms with Crippen LogP contribution in [0.25, 0.3) is 0 Å². The van der Waals surface area contributed by atoms with Crippen molar-refractivity contribution in [1.29, 1.82) is 0 Å². The van der Waals surface area contributed by atoms with Gasteiger partial charge in [0.15, 0.2) is 18.9 Å². The van der Waals surface area contributed by atoms with Crippen LogP contribution in [-0.2, 0) is 66.7 Å². The van der Waals surface area contributed by atoms with Gasteiger partial charge in [-0.15, -0.1) is 0 Å². The van der Waals surface area contributed by atoms with Crippen LogP contribution in [0.4, 0.5) is 0 Å². The monoisotopic (exact) mass is 957 g/mol. The number of esters is 1. The van der Waals surface area contributed by atoms with Gasteiger partial charge < -0.3 is 79.1 Å². The number of aliphatic hydroxyl groups excluding tert-OH is 5. The average molecular weight is 958 g/mol. The minimum atomic E-state index is -0.995. The van der Waals surface area contributed by atoms with Crippen molar-refractivity contribution in [2.75, 3.05) is 86.6 Å². The lowest BCUT2D eigenvalue weighted by Gasteiger charge is -2.25. The van der Waals surface area contributed by atoms with Gasteiger partial charge in [0.2, 0.25) is 11.8 Å². The zero-order chi connectivity index (χ0) is 50.3. The number of hydrogen-bond donors (Lipinski definition) is 8. The molecule has 24 heteroatoms. The molecule has 1 rings (SSSR count). The molecule has 0 bridgehead atoms. The third kappa shape index (κ3) is 32.5. The van der Waals surface area contributed by atoms with E-state index in [1.165, 1.54) is 19.1 Å². The van der Waals surface area contributed by atoms with Gasteiger partial charge in [-0.05, 0) is 38.5 Å². The fourth-order valence-corrected chi connectivity index (χ4v) is 5.19. The first kappa shape index (κ1) is 63.9. The topological polar surface area (TPSA) is 344 Å². The molecule has 0 spiro atoms. The van der Waals surface area contributed by atoms with E-state index in [2.05, 4.69) is 5.32 Å². The second kappa shape index (κ2) is 41.0. The van der Waals surface area contributed by atoms with Gasteiger partial charge in [-0.1, -0.05) is 20.8 Å². The molecule has 0 saturated carbocycles. The van der Waals surface area contributed by atoms with Crippen molar-refractivity contribution >= 4 is 41.5 Å². The zero-order valence-corrected chi connectivity index (χ0v) is 38.9. The van der Waals surface area contributed by atoms with Gasteiger partial charge in [-0.25, -0.2) is 0 Å². The molecule has 0 radical (unpaired) electrons. The summed E-state index contributed by atoms with van der Waals surface area (Å²) in [7, 11) is 2.86. The first-order chi connectivity index (χ1) is 31.5. The SMILES string of the molecule is CCC(CO)OC(CO)OC.CCC(CO)OC(CO)OCCN(CCCNC(=O)CCN1C(=O)C=CC1=O)C(=O)CCCC(=O)O.CCC(CO)OC(COC(=O)CCCC(=O)O)OC. The van der Waals surface area contributed by atoms with Crippen molar-refractivity contribution in [2.45, 2.75) is 129 Å². The molecule has 24 nitrogen and oxygen atoms in total. The molecule has 0 aliphatic carbocycles. The molecule has 8 N–H and O–H groups in total. The maximum absolute atomic E-state index is 12.6. The minimum absolute atomic E-state index is 0.0225. The summed E-state index contributed by atoms with van der Waals surface area (Å²) >= 11 is 0. The highest BCUT2D eigenvalue weighted by atomic mass is 16.7. The Morgan fingerprint density at radius 2 is 1.12 bits per heavy atom. The van der Waals surface area contributed by atoms with E-state index in [4.69, 9.17) is 58.7 Å². The third-order valence-electron chi connectivity index (χ3n) is 9.17. The van der Waals surface area contributed by atoms with Crippen molar-refractivity contribution in [3.05, 3.63) is 12.2 Å². The maximum Gasteiger partial charge on any atom is 0.305 e. The van der Waals surface area contributed by atoms with Gasteiger partial charge in [0.25, 0.3) is 11.8 Å². The Morgan fingerprint density at radius 3 is 1.58 bits per heavy atom. The molecule has 0 aromatic heterocycles. The first-order valence-corrected chi connectivity index (χ1v) is 21.9.